The first kappa shape index (κ1) is 13.0. The number of halogens is 1. The summed E-state index contributed by atoms with van der Waals surface area (Å²) >= 11 is 3.39. The van der Waals surface area contributed by atoms with Gasteiger partial charge < -0.3 is 9.64 Å². The van der Waals surface area contributed by atoms with Crippen LogP contribution >= 0.6 is 15.9 Å². The fourth-order valence-electron chi connectivity index (χ4n) is 1.88. The number of amides is 1. The van der Waals surface area contributed by atoms with Crippen LogP contribution in [0.1, 0.15) is 26.7 Å². The van der Waals surface area contributed by atoms with Crippen LogP contribution in [0.2, 0.25) is 0 Å². The molecule has 0 aromatic carbocycles. The van der Waals surface area contributed by atoms with Crippen molar-refractivity contribution in [1.29, 1.82) is 0 Å². The SMILES string of the molecule is CC(C)N(CCBr)C(=O)C1CCCOC1. The Balaban J connectivity index is 2.53. The molecule has 0 aliphatic carbocycles. The Labute approximate surface area is 100 Å². The standard InChI is InChI=1S/C11H20BrNO2/c1-9(2)13(6-5-12)11(14)10-4-3-7-15-8-10/h9-10H,3-8H2,1-2H3. The molecule has 1 atom stereocenters. The van der Waals surface area contributed by atoms with Gasteiger partial charge >= 0.3 is 0 Å². The highest BCUT2D eigenvalue weighted by molar-refractivity contribution is 9.09. The van der Waals surface area contributed by atoms with E-state index in [2.05, 4.69) is 29.8 Å². The van der Waals surface area contributed by atoms with Gasteiger partial charge in [0.15, 0.2) is 0 Å². The van der Waals surface area contributed by atoms with Crippen molar-refractivity contribution in [2.24, 2.45) is 5.92 Å². The van der Waals surface area contributed by atoms with E-state index in [1.807, 2.05) is 4.90 Å². The lowest BCUT2D eigenvalue weighted by Crippen LogP contribution is -2.44. The molecule has 0 spiro atoms. The Morgan fingerprint density at radius 3 is 2.80 bits per heavy atom. The largest absolute Gasteiger partial charge is 0.381 e. The summed E-state index contributed by atoms with van der Waals surface area (Å²) in [5, 5.41) is 0.838. The summed E-state index contributed by atoms with van der Waals surface area (Å²) in [7, 11) is 0. The number of hydrogen-bond acceptors (Lipinski definition) is 2. The summed E-state index contributed by atoms with van der Waals surface area (Å²) in [4.78, 5) is 14.1. The zero-order valence-electron chi connectivity index (χ0n) is 9.54. The van der Waals surface area contributed by atoms with E-state index in [0.29, 0.717) is 6.61 Å². The second kappa shape index (κ2) is 6.48. The van der Waals surface area contributed by atoms with E-state index in [9.17, 15) is 4.79 Å². The molecule has 1 unspecified atom stereocenters. The molecular formula is C11H20BrNO2. The van der Waals surface area contributed by atoms with E-state index in [-0.39, 0.29) is 17.9 Å². The number of rotatable bonds is 4. The Kier molecular flexibility index (Phi) is 5.61. The molecule has 15 heavy (non-hydrogen) atoms. The van der Waals surface area contributed by atoms with Crippen molar-refractivity contribution >= 4 is 21.8 Å². The lowest BCUT2D eigenvalue weighted by molar-refractivity contribution is -0.141. The second-order valence-corrected chi connectivity index (χ2v) is 5.02. The molecule has 0 saturated carbocycles. The lowest BCUT2D eigenvalue weighted by Gasteiger charge is -2.31. The van der Waals surface area contributed by atoms with Gasteiger partial charge in [0.05, 0.1) is 12.5 Å². The molecule has 1 heterocycles. The predicted octanol–water partition coefficient (Wildman–Crippen LogP) is 2.04. The van der Waals surface area contributed by atoms with Gasteiger partial charge in [-0.3, -0.25) is 4.79 Å². The molecule has 0 aromatic heterocycles. The quantitative estimate of drug-likeness (QED) is 0.737. The van der Waals surface area contributed by atoms with Crippen molar-refractivity contribution in [3.63, 3.8) is 0 Å². The Morgan fingerprint density at radius 2 is 2.33 bits per heavy atom. The first-order valence-corrected chi connectivity index (χ1v) is 6.73. The van der Waals surface area contributed by atoms with Crippen molar-refractivity contribution in [3.05, 3.63) is 0 Å². The normalized spacial score (nSPS) is 21.7. The third-order valence-electron chi connectivity index (χ3n) is 2.74. The average Bonchev–Trinajstić information content (AvgIpc) is 2.26. The van der Waals surface area contributed by atoms with E-state index in [0.717, 1.165) is 31.3 Å². The van der Waals surface area contributed by atoms with Gasteiger partial charge in [0.1, 0.15) is 0 Å². The summed E-state index contributed by atoms with van der Waals surface area (Å²) < 4.78 is 5.35. The molecule has 0 radical (unpaired) electrons. The maximum Gasteiger partial charge on any atom is 0.228 e. The molecule has 1 rings (SSSR count). The average molecular weight is 278 g/mol. The van der Waals surface area contributed by atoms with Gasteiger partial charge in [-0.1, -0.05) is 15.9 Å². The van der Waals surface area contributed by atoms with Gasteiger partial charge in [-0.25, -0.2) is 0 Å². The van der Waals surface area contributed by atoms with Gasteiger partial charge in [0.2, 0.25) is 5.91 Å². The summed E-state index contributed by atoms with van der Waals surface area (Å²) in [6.07, 6.45) is 1.99. The predicted molar refractivity (Wildman–Crippen MR) is 64.2 cm³/mol. The van der Waals surface area contributed by atoms with Crippen LogP contribution in [0.4, 0.5) is 0 Å². The van der Waals surface area contributed by atoms with Crippen molar-refractivity contribution < 1.29 is 9.53 Å². The fraction of sp³-hybridized carbons (Fsp3) is 0.909. The minimum absolute atomic E-state index is 0.0835. The molecule has 0 N–H and O–H groups in total. The molecule has 1 aliphatic rings. The molecule has 1 saturated heterocycles. The van der Waals surface area contributed by atoms with Crippen LogP contribution in [0, 0.1) is 5.92 Å². The lowest BCUT2D eigenvalue weighted by atomic mass is 10.00. The van der Waals surface area contributed by atoms with Gasteiger partial charge in [0.25, 0.3) is 0 Å². The molecule has 1 aliphatic heterocycles. The van der Waals surface area contributed by atoms with Crippen molar-refractivity contribution in [1.82, 2.24) is 4.90 Å². The van der Waals surface area contributed by atoms with Crippen LogP contribution < -0.4 is 0 Å². The summed E-state index contributed by atoms with van der Waals surface area (Å²) in [6, 6.07) is 0.275. The van der Waals surface area contributed by atoms with Crippen molar-refractivity contribution in [2.75, 3.05) is 25.1 Å². The topological polar surface area (TPSA) is 29.5 Å². The van der Waals surface area contributed by atoms with Crippen LogP contribution in [-0.2, 0) is 9.53 Å². The Bertz CT molecular complexity index is 203. The van der Waals surface area contributed by atoms with Crippen molar-refractivity contribution in [3.8, 4) is 0 Å². The monoisotopic (exact) mass is 277 g/mol. The Morgan fingerprint density at radius 1 is 1.60 bits per heavy atom. The number of carbonyl (C=O) groups is 1. The smallest absolute Gasteiger partial charge is 0.228 e. The highest BCUT2D eigenvalue weighted by Gasteiger charge is 2.27. The summed E-state index contributed by atoms with van der Waals surface area (Å²) in [5.41, 5.74) is 0. The highest BCUT2D eigenvalue weighted by atomic mass is 79.9. The van der Waals surface area contributed by atoms with E-state index < -0.39 is 0 Å². The van der Waals surface area contributed by atoms with Gasteiger partial charge in [-0.15, -0.1) is 0 Å². The number of ether oxygens (including phenoxy) is 1. The maximum atomic E-state index is 12.2. The molecule has 4 heteroatoms. The summed E-state index contributed by atoms with van der Waals surface area (Å²) in [6.45, 7) is 6.32. The fourth-order valence-corrected chi connectivity index (χ4v) is 2.27. The molecule has 0 bridgehead atoms. The zero-order valence-corrected chi connectivity index (χ0v) is 11.1. The first-order chi connectivity index (χ1) is 7.16. The third kappa shape index (κ3) is 3.76. The van der Waals surface area contributed by atoms with E-state index in [4.69, 9.17) is 4.74 Å². The molecule has 0 aromatic rings. The van der Waals surface area contributed by atoms with Crippen molar-refractivity contribution in [2.45, 2.75) is 32.7 Å². The van der Waals surface area contributed by atoms with Crippen LogP contribution in [-0.4, -0.2) is 41.9 Å². The van der Waals surface area contributed by atoms with Crippen LogP contribution in [0.5, 0.6) is 0 Å². The number of alkyl halides is 1. The highest BCUT2D eigenvalue weighted by Crippen LogP contribution is 2.17. The number of hydrogen-bond donors (Lipinski definition) is 0. The minimum Gasteiger partial charge on any atom is -0.381 e. The molecular weight excluding hydrogens is 258 g/mol. The van der Waals surface area contributed by atoms with Crippen LogP contribution in [0.3, 0.4) is 0 Å². The number of nitrogens with zero attached hydrogens (tertiary/aromatic N) is 1. The minimum atomic E-state index is 0.0835. The van der Waals surface area contributed by atoms with E-state index in [1.165, 1.54) is 0 Å². The third-order valence-corrected chi connectivity index (χ3v) is 3.10. The second-order valence-electron chi connectivity index (χ2n) is 4.23. The van der Waals surface area contributed by atoms with E-state index in [1.54, 1.807) is 0 Å². The van der Waals surface area contributed by atoms with Gasteiger partial charge in [-0.05, 0) is 26.7 Å². The zero-order chi connectivity index (χ0) is 11.3. The molecule has 3 nitrogen and oxygen atoms in total. The van der Waals surface area contributed by atoms with Crippen LogP contribution in [0.25, 0.3) is 0 Å². The maximum absolute atomic E-state index is 12.2. The Hall–Kier alpha value is -0.0900. The summed E-state index contributed by atoms with van der Waals surface area (Å²) in [5.74, 6) is 0.337. The van der Waals surface area contributed by atoms with E-state index >= 15 is 0 Å². The molecule has 1 fully saturated rings. The molecule has 1 amide bonds. The molecule has 88 valence electrons. The van der Waals surface area contributed by atoms with Gasteiger partial charge in [-0.2, -0.15) is 0 Å². The van der Waals surface area contributed by atoms with Gasteiger partial charge in [0, 0.05) is 24.5 Å². The van der Waals surface area contributed by atoms with Crippen LogP contribution in [0.15, 0.2) is 0 Å². The number of carbonyl (C=O) groups excluding carboxylic acids is 1. The first-order valence-electron chi connectivity index (χ1n) is 5.61.